The maximum Gasteiger partial charge on any atom is 0.283 e. The lowest BCUT2D eigenvalue weighted by atomic mass is 10.1. The molecule has 1 aromatic heterocycles. The quantitative estimate of drug-likeness (QED) is 0.567. The molecule has 1 N–H and O–H groups in total. The van der Waals surface area contributed by atoms with E-state index in [0.29, 0.717) is 22.0 Å². The van der Waals surface area contributed by atoms with Gasteiger partial charge in [0, 0.05) is 23.9 Å². The standard InChI is InChI=1S/C17H15N3OS2/c1-12-7-9-14(10-8-12)15-19-20-16(21-15)23-17(22)18-11-13-5-3-2-4-6-13/h2-10H,11H2,1H3,(H,18,22). The molecule has 0 spiro atoms. The molecule has 3 aromatic rings. The molecule has 0 bridgehead atoms. The second-order valence-corrected chi connectivity index (χ2v) is 6.60. The Bertz CT molecular complexity index is 785. The molecule has 0 saturated carbocycles. The van der Waals surface area contributed by atoms with Crippen molar-refractivity contribution < 1.29 is 4.42 Å². The summed E-state index contributed by atoms with van der Waals surface area (Å²) in [6.07, 6.45) is 0. The van der Waals surface area contributed by atoms with Gasteiger partial charge in [-0.2, -0.15) is 0 Å². The van der Waals surface area contributed by atoms with Crippen LogP contribution in [0.3, 0.4) is 0 Å². The second kappa shape index (κ2) is 7.39. The minimum absolute atomic E-state index is 0.436. The van der Waals surface area contributed by atoms with Crippen molar-refractivity contribution in [3.63, 3.8) is 0 Å². The normalized spacial score (nSPS) is 10.5. The Kier molecular flexibility index (Phi) is 5.05. The van der Waals surface area contributed by atoms with Gasteiger partial charge in [-0.3, -0.25) is 0 Å². The predicted octanol–water partition coefficient (Wildman–Crippen LogP) is 4.21. The molecular formula is C17H15N3OS2. The van der Waals surface area contributed by atoms with Crippen molar-refractivity contribution in [2.75, 3.05) is 0 Å². The van der Waals surface area contributed by atoms with Crippen LogP contribution in [0.4, 0.5) is 0 Å². The van der Waals surface area contributed by atoms with E-state index in [1.165, 1.54) is 22.9 Å². The van der Waals surface area contributed by atoms with Gasteiger partial charge in [0.25, 0.3) is 5.22 Å². The summed E-state index contributed by atoms with van der Waals surface area (Å²) in [5.41, 5.74) is 3.26. The zero-order valence-electron chi connectivity index (χ0n) is 12.5. The average Bonchev–Trinajstić information content (AvgIpc) is 3.03. The van der Waals surface area contributed by atoms with Gasteiger partial charge < -0.3 is 9.73 Å². The number of aromatic nitrogens is 2. The van der Waals surface area contributed by atoms with Crippen molar-refractivity contribution in [2.24, 2.45) is 0 Å². The zero-order valence-corrected chi connectivity index (χ0v) is 14.2. The van der Waals surface area contributed by atoms with Crippen molar-refractivity contribution in [2.45, 2.75) is 18.7 Å². The Morgan fingerprint density at radius 1 is 1.09 bits per heavy atom. The van der Waals surface area contributed by atoms with E-state index in [1.807, 2.05) is 61.5 Å². The number of hydrogen-bond donors (Lipinski definition) is 1. The van der Waals surface area contributed by atoms with Crippen LogP contribution in [0.5, 0.6) is 0 Å². The van der Waals surface area contributed by atoms with Crippen molar-refractivity contribution in [1.82, 2.24) is 15.5 Å². The van der Waals surface area contributed by atoms with Crippen LogP contribution in [0.25, 0.3) is 11.5 Å². The highest BCUT2D eigenvalue weighted by molar-refractivity contribution is 8.22. The highest BCUT2D eigenvalue weighted by Crippen LogP contribution is 2.23. The lowest BCUT2D eigenvalue weighted by Crippen LogP contribution is -2.17. The number of nitrogens with one attached hydrogen (secondary N) is 1. The van der Waals surface area contributed by atoms with Gasteiger partial charge >= 0.3 is 0 Å². The Balaban J connectivity index is 1.58. The highest BCUT2D eigenvalue weighted by atomic mass is 32.2. The molecular weight excluding hydrogens is 326 g/mol. The van der Waals surface area contributed by atoms with Crippen molar-refractivity contribution in [3.8, 4) is 11.5 Å². The predicted molar refractivity (Wildman–Crippen MR) is 96.2 cm³/mol. The van der Waals surface area contributed by atoms with Crippen LogP contribution in [-0.4, -0.2) is 14.5 Å². The summed E-state index contributed by atoms with van der Waals surface area (Å²) in [6.45, 7) is 2.71. The molecule has 1 heterocycles. The maximum absolute atomic E-state index is 5.65. The molecule has 116 valence electrons. The largest absolute Gasteiger partial charge is 0.411 e. The van der Waals surface area contributed by atoms with Gasteiger partial charge in [0.15, 0.2) is 0 Å². The Morgan fingerprint density at radius 3 is 2.57 bits per heavy atom. The van der Waals surface area contributed by atoms with Crippen molar-refractivity contribution >= 4 is 28.3 Å². The summed E-state index contributed by atoms with van der Waals surface area (Å²) in [5.74, 6) is 0.498. The van der Waals surface area contributed by atoms with E-state index < -0.39 is 0 Å². The number of hydrogen-bond acceptors (Lipinski definition) is 5. The van der Waals surface area contributed by atoms with Crippen molar-refractivity contribution in [1.29, 1.82) is 0 Å². The molecule has 3 rings (SSSR count). The lowest BCUT2D eigenvalue weighted by molar-refractivity contribution is 0.467. The SMILES string of the molecule is Cc1ccc(-c2nnc(SC(=S)NCc3ccccc3)o2)cc1. The van der Waals surface area contributed by atoms with E-state index in [4.69, 9.17) is 16.6 Å². The van der Waals surface area contributed by atoms with Gasteiger partial charge in [-0.25, -0.2) is 0 Å². The van der Waals surface area contributed by atoms with Crippen LogP contribution in [-0.2, 0) is 6.54 Å². The summed E-state index contributed by atoms with van der Waals surface area (Å²) in [4.78, 5) is 0. The van der Waals surface area contributed by atoms with Crippen LogP contribution in [0.15, 0.2) is 64.2 Å². The summed E-state index contributed by atoms with van der Waals surface area (Å²) < 4.78 is 6.25. The molecule has 0 amide bonds. The average molecular weight is 341 g/mol. The van der Waals surface area contributed by atoms with E-state index in [-0.39, 0.29) is 0 Å². The minimum atomic E-state index is 0.436. The van der Waals surface area contributed by atoms with Crippen LogP contribution in [0, 0.1) is 6.92 Å². The summed E-state index contributed by atoms with van der Waals surface area (Å²) in [6, 6.07) is 18.0. The van der Waals surface area contributed by atoms with Gasteiger partial charge in [-0.05, 0) is 24.6 Å². The van der Waals surface area contributed by atoms with Crippen molar-refractivity contribution in [3.05, 3.63) is 65.7 Å². The Labute approximate surface area is 144 Å². The van der Waals surface area contributed by atoms with E-state index in [9.17, 15) is 0 Å². The summed E-state index contributed by atoms with van der Waals surface area (Å²) >= 11 is 6.56. The number of aryl methyl sites for hydroxylation is 1. The molecule has 0 unspecified atom stereocenters. The highest BCUT2D eigenvalue weighted by Gasteiger charge is 2.11. The molecule has 4 nitrogen and oxygen atoms in total. The smallest absolute Gasteiger partial charge is 0.283 e. The molecule has 0 saturated heterocycles. The maximum atomic E-state index is 5.65. The van der Waals surface area contributed by atoms with E-state index >= 15 is 0 Å². The minimum Gasteiger partial charge on any atom is -0.411 e. The molecule has 2 aromatic carbocycles. The lowest BCUT2D eigenvalue weighted by Gasteiger charge is -2.04. The van der Waals surface area contributed by atoms with Gasteiger partial charge in [0.2, 0.25) is 5.89 Å². The Morgan fingerprint density at radius 2 is 1.83 bits per heavy atom. The monoisotopic (exact) mass is 341 g/mol. The third-order valence-corrected chi connectivity index (χ3v) is 4.23. The van der Waals surface area contributed by atoms with E-state index in [2.05, 4.69) is 15.5 Å². The number of thiocarbonyl (C=S) groups is 1. The number of rotatable bonds is 4. The molecule has 23 heavy (non-hydrogen) atoms. The van der Waals surface area contributed by atoms with Crippen LogP contribution in [0.1, 0.15) is 11.1 Å². The molecule has 0 aliphatic rings. The van der Waals surface area contributed by atoms with Gasteiger partial charge in [-0.1, -0.05) is 60.2 Å². The number of benzene rings is 2. The van der Waals surface area contributed by atoms with Crippen LogP contribution in [0.2, 0.25) is 0 Å². The van der Waals surface area contributed by atoms with Gasteiger partial charge in [0.05, 0.1) is 0 Å². The first-order valence-electron chi connectivity index (χ1n) is 7.11. The fourth-order valence-corrected chi connectivity index (χ4v) is 2.74. The Hall–Kier alpha value is -2.18. The fourth-order valence-electron chi connectivity index (χ4n) is 1.95. The second-order valence-electron chi connectivity index (χ2n) is 4.97. The molecule has 6 heteroatoms. The molecule has 0 radical (unpaired) electrons. The summed E-state index contributed by atoms with van der Waals surface area (Å²) in [5, 5.41) is 11.7. The third kappa shape index (κ3) is 4.40. The molecule has 0 aliphatic carbocycles. The number of thioether (sulfide) groups is 1. The van der Waals surface area contributed by atoms with E-state index in [1.54, 1.807) is 0 Å². The fraction of sp³-hybridized carbons (Fsp3) is 0.118. The van der Waals surface area contributed by atoms with Gasteiger partial charge in [-0.15, -0.1) is 10.2 Å². The first-order valence-corrected chi connectivity index (χ1v) is 8.33. The van der Waals surface area contributed by atoms with Crippen LogP contribution < -0.4 is 5.32 Å². The van der Waals surface area contributed by atoms with Gasteiger partial charge in [0.1, 0.15) is 4.32 Å². The first-order chi connectivity index (χ1) is 11.2. The van der Waals surface area contributed by atoms with Crippen LogP contribution >= 0.6 is 24.0 Å². The van der Waals surface area contributed by atoms with E-state index in [0.717, 1.165) is 5.56 Å². The summed E-state index contributed by atoms with van der Waals surface area (Å²) in [7, 11) is 0. The molecule has 0 atom stereocenters. The third-order valence-electron chi connectivity index (χ3n) is 3.16. The zero-order chi connectivity index (χ0) is 16.1. The number of nitrogens with zero attached hydrogens (tertiary/aromatic N) is 2. The first kappa shape index (κ1) is 15.7. The topological polar surface area (TPSA) is 51.0 Å². The molecule has 0 aliphatic heterocycles. The molecule has 0 fully saturated rings.